The molecule has 0 aliphatic carbocycles. The highest BCUT2D eigenvalue weighted by molar-refractivity contribution is 6.31. The monoisotopic (exact) mass is 321 g/mol. The molecule has 1 heterocycles. The van der Waals surface area contributed by atoms with Crippen molar-refractivity contribution in [3.8, 4) is 22.6 Å². The summed E-state index contributed by atoms with van der Waals surface area (Å²) in [6.45, 7) is 0. The van der Waals surface area contributed by atoms with Crippen LogP contribution in [-0.2, 0) is 0 Å². The maximum absolute atomic E-state index is 9.93. The molecule has 112 valence electrons. The molecule has 4 rings (SSSR count). The van der Waals surface area contributed by atoms with Crippen LogP contribution in [0.15, 0.2) is 66.7 Å². The quantitative estimate of drug-likeness (QED) is 0.593. The van der Waals surface area contributed by atoms with Crippen molar-refractivity contribution in [2.24, 2.45) is 0 Å². The van der Waals surface area contributed by atoms with Crippen LogP contribution in [0.1, 0.15) is 0 Å². The average Bonchev–Trinajstić information content (AvgIpc) is 2.98. The number of para-hydroxylation sites is 1. The zero-order chi connectivity index (χ0) is 15.8. The lowest BCUT2D eigenvalue weighted by atomic mass is 10.0. The van der Waals surface area contributed by atoms with Crippen LogP contribution in [0.2, 0.25) is 5.02 Å². The summed E-state index contributed by atoms with van der Waals surface area (Å²) in [6.07, 6.45) is 0. The predicted molar refractivity (Wildman–Crippen MR) is 91.0 cm³/mol. The van der Waals surface area contributed by atoms with Crippen LogP contribution in [0.4, 0.5) is 0 Å². The number of fused-ring (bicyclic) bond motifs is 1. The van der Waals surface area contributed by atoms with E-state index in [1.54, 1.807) is 29.1 Å². The minimum Gasteiger partial charge on any atom is -0.507 e. The maximum Gasteiger partial charge on any atom is 0.123 e. The van der Waals surface area contributed by atoms with Crippen molar-refractivity contribution in [2.45, 2.75) is 0 Å². The van der Waals surface area contributed by atoms with Gasteiger partial charge in [-0.05, 0) is 42.0 Å². The van der Waals surface area contributed by atoms with E-state index < -0.39 is 0 Å². The smallest absolute Gasteiger partial charge is 0.123 e. The summed E-state index contributed by atoms with van der Waals surface area (Å²) < 4.78 is 0. The number of phenols is 1. The number of hydrogen-bond donors (Lipinski definition) is 1. The van der Waals surface area contributed by atoms with Crippen LogP contribution in [0.5, 0.6) is 5.75 Å². The summed E-state index contributed by atoms with van der Waals surface area (Å²) in [4.78, 5) is 1.58. The summed E-state index contributed by atoms with van der Waals surface area (Å²) >= 11 is 5.98. The molecule has 0 radical (unpaired) electrons. The normalized spacial score (nSPS) is 11.0. The van der Waals surface area contributed by atoms with Crippen molar-refractivity contribution in [3.05, 3.63) is 71.8 Å². The first kappa shape index (κ1) is 13.8. The SMILES string of the molecule is Oc1ccccc1-c1ccc(-n2nc3ccc(Cl)cc3n2)cc1. The second-order valence-electron chi connectivity index (χ2n) is 5.19. The second kappa shape index (κ2) is 5.41. The predicted octanol–water partition coefficient (Wildman–Crippen LogP) is 4.45. The third-order valence-electron chi connectivity index (χ3n) is 3.66. The van der Waals surface area contributed by atoms with E-state index >= 15 is 0 Å². The molecule has 0 aliphatic heterocycles. The third kappa shape index (κ3) is 2.53. The molecule has 23 heavy (non-hydrogen) atoms. The van der Waals surface area contributed by atoms with E-state index in [4.69, 9.17) is 11.6 Å². The lowest BCUT2D eigenvalue weighted by Gasteiger charge is -2.05. The van der Waals surface area contributed by atoms with E-state index in [2.05, 4.69) is 10.2 Å². The van der Waals surface area contributed by atoms with Crippen LogP contribution in [-0.4, -0.2) is 20.1 Å². The van der Waals surface area contributed by atoms with Crippen molar-refractivity contribution in [1.29, 1.82) is 0 Å². The van der Waals surface area contributed by atoms with Crippen molar-refractivity contribution in [1.82, 2.24) is 15.0 Å². The molecule has 5 heteroatoms. The Kier molecular flexibility index (Phi) is 3.24. The number of benzene rings is 3. The topological polar surface area (TPSA) is 50.9 Å². The molecule has 0 atom stereocenters. The lowest BCUT2D eigenvalue weighted by Crippen LogP contribution is -1.97. The Bertz CT molecular complexity index is 993. The summed E-state index contributed by atoms with van der Waals surface area (Å²) in [5.41, 5.74) is 4.12. The van der Waals surface area contributed by atoms with Gasteiger partial charge in [0, 0.05) is 10.6 Å². The average molecular weight is 322 g/mol. The van der Waals surface area contributed by atoms with Gasteiger partial charge in [0.1, 0.15) is 16.8 Å². The first-order chi connectivity index (χ1) is 11.2. The molecular weight excluding hydrogens is 310 g/mol. The van der Waals surface area contributed by atoms with Gasteiger partial charge in [0.05, 0.1) is 5.69 Å². The van der Waals surface area contributed by atoms with E-state index in [0.717, 1.165) is 27.8 Å². The van der Waals surface area contributed by atoms with Gasteiger partial charge < -0.3 is 5.11 Å². The van der Waals surface area contributed by atoms with Crippen LogP contribution >= 0.6 is 11.6 Å². The molecule has 0 aliphatic rings. The Labute approximate surface area is 137 Å². The standard InChI is InChI=1S/C18H12ClN3O/c19-13-7-10-16-17(11-13)21-22(20-16)14-8-5-12(6-9-14)15-3-1-2-4-18(15)23/h1-11,23H. The highest BCUT2D eigenvalue weighted by Crippen LogP contribution is 2.29. The van der Waals surface area contributed by atoms with Gasteiger partial charge in [-0.1, -0.05) is 41.9 Å². The number of hydrogen-bond acceptors (Lipinski definition) is 3. The Morgan fingerprint density at radius 1 is 0.826 bits per heavy atom. The summed E-state index contributed by atoms with van der Waals surface area (Å²) in [6, 6.07) is 20.4. The van der Waals surface area contributed by atoms with Gasteiger partial charge in [0.15, 0.2) is 0 Å². The van der Waals surface area contributed by atoms with Crippen LogP contribution in [0.25, 0.3) is 27.8 Å². The van der Waals surface area contributed by atoms with Gasteiger partial charge in [-0.15, -0.1) is 10.2 Å². The molecule has 0 amide bonds. The fraction of sp³-hybridized carbons (Fsp3) is 0. The van der Waals surface area contributed by atoms with Gasteiger partial charge >= 0.3 is 0 Å². The largest absolute Gasteiger partial charge is 0.507 e. The molecule has 1 aromatic heterocycles. The van der Waals surface area contributed by atoms with E-state index in [1.165, 1.54) is 0 Å². The summed E-state index contributed by atoms with van der Waals surface area (Å²) in [5, 5.41) is 19.4. The maximum atomic E-state index is 9.93. The molecule has 0 saturated heterocycles. The van der Waals surface area contributed by atoms with Gasteiger partial charge in [0.2, 0.25) is 0 Å². The summed E-state index contributed by atoms with van der Waals surface area (Å²) in [7, 11) is 0. The number of halogens is 1. The first-order valence-electron chi connectivity index (χ1n) is 7.12. The van der Waals surface area contributed by atoms with Gasteiger partial charge in [0.25, 0.3) is 0 Å². The minimum atomic E-state index is 0.262. The molecule has 0 unspecified atom stereocenters. The Morgan fingerprint density at radius 2 is 1.57 bits per heavy atom. The molecule has 1 N–H and O–H groups in total. The first-order valence-corrected chi connectivity index (χ1v) is 7.50. The Hall–Kier alpha value is -2.85. The van der Waals surface area contributed by atoms with Gasteiger partial charge in [-0.2, -0.15) is 4.80 Å². The van der Waals surface area contributed by atoms with Crippen molar-refractivity contribution >= 4 is 22.6 Å². The van der Waals surface area contributed by atoms with E-state index in [9.17, 15) is 5.11 Å². The number of nitrogens with zero attached hydrogens (tertiary/aromatic N) is 3. The van der Waals surface area contributed by atoms with Crippen LogP contribution in [0, 0.1) is 0 Å². The zero-order valence-corrected chi connectivity index (χ0v) is 12.8. The Morgan fingerprint density at radius 3 is 2.35 bits per heavy atom. The number of aromatic hydroxyl groups is 1. The van der Waals surface area contributed by atoms with Gasteiger partial charge in [-0.25, -0.2) is 0 Å². The van der Waals surface area contributed by atoms with E-state index in [-0.39, 0.29) is 5.75 Å². The molecule has 0 spiro atoms. The van der Waals surface area contributed by atoms with Gasteiger partial charge in [-0.3, -0.25) is 0 Å². The molecule has 4 nitrogen and oxygen atoms in total. The number of phenolic OH excluding ortho intramolecular Hbond substituents is 1. The Balaban J connectivity index is 1.73. The van der Waals surface area contributed by atoms with Crippen molar-refractivity contribution < 1.29 is 5.11 Å². The second-order valence-corrected chi connectivity index (χ2v) is 5.62. The lowest BCUT2D eigenvalue weighted by molar-refractivity contribution is 0.477. The fourth-order valence-electron chi connectivity index (χ4n) is 2.50. The molecule has 4 aromatic rings. The molecule has 0 fully saturated rings. The van der Waals surface area contributed by atoms with Crippen LogP contribution < -0.4 is 0 Å². The molecular formula is C18H12ClN3O. The number of rotatable bonds is 2. The van der Waals surface area contributed by atoms with Crippen molar-refractivity contribution in [3.63, 3.8) is 0 Å². The van der Waals surface area contributed by atoms with E-state index in [1.807, 2.05) is 42.5 Å². The number of aromatic nitrogens is 3. The van der Waals surface area contributed by atoms with Crippen molar-refractivity contribution in [2.75, 3.05) is 0 Å². The highest BCUT2D eigenvalue weighted by Gasteiger charge is 2.07. The highest BCUT2D eigenvalue weighted by atomic mass is 35.5. The molecule has 0 saturated carbocycles. The molecule has 0 bridgehead atoms. The minimum absolute atomic E-state index is 0.262. The van der Waals surface area contributed by atoms with E-state index in [0.29, 0.717) is 5.02 Å². The molecule has 3 aromatic carbocycles. The zero-order valence-electron chi connectivity index (χ0n) is 12.0. The third-order valence-corrected chi connectivity index (χ3v) is 3.89. The fourth-order valence-corrected chi connectivity index (χ4v) is 2.66. The van der Waals surface area contributed by atoms with Crippen LogP contribution in [0.3, 0.4) is 0 Å². The summed E-state index contributed by atoms with van der Waals surface area (Å²) in [5.74, 6) is 0.262.